The molecule has 0 aliphatic heterocycles. The average molecular weight is 397 g/mol. The van der Waals surface area contributed by atoms with Gasteiger partial charge in [0.05, 0.1) is 0 Å². The molecule has 2 aromatic rings. The van der Waals surface area contributed by atoms with Crippen LogP contribution < -0.4 is 16.0 Å². The van der Waals surface area contributed by atoms with E-state index in [1.54, 1.807) is 0 Å². The zero-order chi connectivity index (χ0) is 20.9. The maximum atomic E-state index is 12.2. The molecule has 2 aromatic carbocycles. The number of amides is 3. The van der Waals surface area contributed by atoms with Crippen molar-refractivity contribution in [2.24, 2.45) is 0 Å². The molecule has 0 bridgehead atoms. The van der Waals surface area contributed by atoms with Gasteiger partial charge in [-0.3, -0.25) is 9.69 Å². The van der Waals surface area contributed by atoms with Crippen molar-refractivity contribution in [3.8, 4) is 0 Å². The van der Waals surface area contributed by atoms with E-state index in [4.69, 9.17) is 0 Å². The van der Waals surface area contributed by atoms with Crippen LogP contribution in [0.5, 0.6) is 0 Å². The van der Waals surface area contributed by atoms with Crippen molar-refractivity contribution in [2.45, 2.75) is 32.7 Å². The lowest BCUT2D eigenvalue weighted by Gasteiger charge is -2.30. The molecule has 3 N–H and O–H groups in total. The van der Waals surface area contributed by atoms with Crippen LogP contribution in [0.2, 0.25) is 0 Å². The molecule has 0 saturated heterocycles. The number of hydrogen-bond acceptors (Lipinski definition) is 3. The minimum absolute atomic E-state index is 0.0600. The lowest BCUT2D eigenvalue weighted by Crippen LogP contribution is -2.45. The van der Waals surface area contributed by atoms with Gasteiger partial charge in [0.25, 0.3) is 0 Å². The molecule has 0 radical (unpaired) electrons. The SMILES string of the molecule is CCN(CC)[C@@H](CNC(=O)CCNC(=O)Nc1ccccc1)Cc1ccccc1. The smallest absolute Gasteiger partial charge is 0.319 e. The summed E-state index contributed by atoms with van der Waals surface area (Å²) in [6.07, 6.45) is 1.14. The maximum Gasteiger partial charge on any atom is 0.319 e. The molecule has 6 nitrogen and oxygen atoms in total. The van der Waals surface area contributed by atoms with Gasteiger partial charge in [-0.05, 0) is 37.2 Å². The Labute approximate surface area is 173 Å². The Morgan fingerprint density at radius 1 is 0.897 bits per heavy atom. The highest BCUT2D eigenvalue weighted by atomic mass is 16.2. The number of carbonyl (C=O) groups is 2. The van der Waals surface area contributed by atoms with Crippen molar-refractivity contribution in [3.63, 3.8) is 0 Å². The second kappa shape index (κ2) is 12.6. The van der Waals surface area contributed by atoms with Gasteiger partial charge in [-0.15, -0.1) is 0 Å². The minimum atomic E-state index is -0.311. The lowest BCUT2D eigenvalue weighted by molar-refractivity contribution is -0.121. The van der Waals surface area contributed by atoms with Gasteiger partial charge >= 0.3 is 6.03 Å². The number of carbonyl (C=O) groups excluding carboxylic acids is 2. The van der Waals surface area contributed by atoms with Crippen LogP contribution in [0.4, 0.5) is 10.5 Å². The quantitative estimate of drug-likeness (QED) is 0.546. The molecule has 1 atom stereocenters. The minimum Gasteiger partial charge on any atom is -0.354 e. The van der Waals surface area contributed by atoms with Crippen LogP contribution in [0.25, 0.3) is 0 Å². The molecular formula is C23H32N4O2. The number of nitrogens with one attached hydrogen (secondary N) is 3. The largest absolute Gasteiger partial charge is 0.354 e. The number of benzene rings is 2. The third-order valence-electron chi connectivity index (χ3n) is 4.85. The van der Waals surface area contributed by atoms with Crippen LogP contribution in [0, 0.1) is 0 Å². The summed E-state index contributed by atoms with van der Waals surface area (Å²) in [5.74, 6) is -0.0600. The van der Waals surface area contributed by atoms with Crippen molar-refractivity contribution in [1.29, 1.82) is 0 Å². The molecular weight excluding hydrogens is 364 g/mol. The van der Waals surface area contributed by atoms with Crippen molar-refractivity contribution in [2.75, 3.05) is 31.5 Å². The average Bonchev–Trinajstić information content (AvgIpc) is 2.74. The van der Waals surface area contributed by atoms with Crippen LogP contribution in [0.3, 0.4) is 0 Å². The van der Waals surface area contributed by atoms with Gasteiger partial charge in [0.1, 0.15) is 0 Å². The zero-order valence-electron chi connectivity index (χ0n) is 17.4. The standard InChI is InChI=1S/C23H32N4O2/c1-3-27(4-2)21(17-19-11-7-5-8-12-19)18-25-22(28)15-16-24-23(29)26-20-13-9-6-10-14-20/h5-14,21H,3-4,15-18H2,1-2H3,(H,25,28)(H2,24,26,29)/t21-/m1/s1. The van der Waals surface area contributed by atoms with Gasteiger partial charge in [-0.1, -0.05) is 62.4 Å². The van der Waals surface area contributed by atoms with E-state index in [0.717, 1.165) is 25.2 Å². The van der Waals surface area contributed by atoms with E-state index in [1.165, 1.54) is 5.56 Å². The Balaban J connectivity index is 1.74. The van der Waals surface area contributed by atoms with Gasteiger partial charge in [0, 0.05) is 31.2 Å². The summed E-state index contributed by atoms with van der Waals surface area (Å²) in [5, 5.41) is 8.47. The van der Waals surface area contributed by atoms with Gasteiger partial charge < -0.3 is 16.0 Å². The molecule has 0 spiro atoms. The number of nitrogens with zero attached hydrogens (tertiary/aromatic N) is 1. The molecule has 0 unspecified atom stereocenters. The molecule has 0 saturated carbocycles. The molecule has 0 aliphatic carbocycles. The molecule has 0 aliphatic rings. The Hall–Kier alpha value is -2.86. The van der Waals surface area contributed by atoms with Crippen molar-refractivity contribution in [3.05, 3.63) is 66.2 Å². The van der Waals surface area contributed by atoms with Crippen LogP contribution in [0.15, 0.2) is 60.7 Å². The first-order valence-electron chi connectivity index (χ1n) is 10.3. The van der Waals surface area contributed by atoms with Gasteiger partial charge in [-0.25, -0.2) is 4.79 Å². The zero-order valence-corrected chi connectivity index (χ0v) is 17.4. The summed E-state index contributed by atoms with van der Waals surface area (Å²) in [7, 11) is 0. The second-order valence-electron chi connectivity index (χ2n) is 6.87. The molecule has 29 heavy (non-hydrogen) atoms. The Bertz CT molecular complexity index is 733. The molecule has 156 valence electrons. The predicted molar refractivity (Wildman–Crippen MR) is 118 cm³/mol. The Morgan fingerprint density at radius 3 is 2.14 bits per heavy atom. The molecule has 0 aromatic heterocycles. The summed E-state index contributed by atoms with van der Waals surface area (Å²) in [6.45, 7) is 7.03. The summed E-state index contributed by atoms with van der Waals surface area (Å²) in [5.41, 5.74) is 1.98. The number of para-hydroxylation sites is 1. The van der Waals surface area contributed by atoms with Crippen LogP contribution in [0.1, 0.15) is 25.8 Å². The Kier molecular flexibility index (Phi) is 9.72. The van der Waals surface area contributed by atoms with Crippen molar-refractivity contribution in [1.82, 2.24) is 15.5 Å². The summed E-state index contributed by atoms with van der Waals surface area (Å²) >= 11 is 0. The van der Waals surface area contributed by atoms with Gasteiger partial charge in [0.15, 0.2) is 0 Å². The van der Waals surface area contributed by atoms with E-state index in [9.17, 15) is 9.59 Å². The van der Waals surface area contributed by atoms with E-state index >= 15 is 0 Å². The van der Waals surface area contributed by atoms with E-state index in [0.29, 0.717) is 13.1 Å². The summed E-state index contributed by atoms with van der Waals surface area (Å²) < 4.78 is 0. The number of rotatable bonds is 11. The van der Waals surface area contributed by atoms with E-state index in [2.05, 4.69) is 46.8 Å². The van der Waals surface area contributed by atoms with E-state index in [1.807, 2.05) is 48.5 Å². The van der Waals surface area contributed by atoms with E-state index < -0.39 is 0 Å². The first-order chi connectivity index (χ1) is 14.1. The highest BCUT2D eigenvalue weighted by Gasteiger charge is 2.17. The third-order valence-corrected chi connectivity index (χ3v) is 4.85. The van der Waals surface area contributed by atoms with Crippen LogP contribution >= 0.6 is 0 Å². The number of likely N-dealkylation sites (N-methyl/N-ethyl adjacent to an activating group) is 1. The molecule has 6 heteroatoms. The molecule has 0 heterocycles. The van der Waals surface area contributed by atoms with Gasteiger partial charge in [0.2, 0.25) is 5.91 Å². The van der Waals surface area contributed by atoms with Crippen molar-refractivity contribution >= 4 is 17.6 Å². The second-order valence-corrected chi connectivity index (χ2v) is 6.87. The predicted octanol–water partition coefficient (Wildman–Crippen LogP) is 3.27. The fraction of sp³-hybridized carbons (Fsp3) is 0.391. The fourth-order valence-electron chi connectivity index (χ4n) is 3.26. The topological polar surface area (TPSA) is 73.5 Å². The van der Waals surface area contributed by atoms with E-state index in [-0.39, 0.29) is 24.4 Å². The third kappa shape index (κ3) is 8.35. The lowest BCUT2D eigenvalue weighted by atomic mass is 10.0. The first kappa shape index (κ1) is 22.4. The van der Waals surface area contributed by atoms with Crippen LogP contribution in [-0.2, 0) is 11.2 Å². The van der Waals surface area contributed by atoms with Crippen molar-refractivity contribution < 1.29 is 9.59 Å². The maximum absolute atomic E-state index is 12.2. The summed E-state index contributed by atoms with van der Waals surface area (Å²) in [6, 6.07) is 19.5. The molecule has 3 amide bonds. The van der Waals surface area contributed by atoms with Crippen LogP contribution in [-0.4, -0.2) is 49.1 Å². The summed E-state index contributed by atoms with van der Waals surface area (Å²) in [4.78, 5) is 26.5. The first-order valence-corrected chi connectivity index (χ1v) is 10.3. The number of urea groups is 1. The molecule has 2 rings (SSSR count). The number of hydrogen-bond donors (Lipinski definition) is 3. The highest BCUT2D eigenvalue weighted by molar-refractivity contribution is 5.89. The number of anilines is 1. The fourth-order valence-corrected chi connectivity index (χ4v) is 3.26. The van der Waals surface area contributed by atoms with Gasteiger partial charge in [-0.2, -0.15) is 0 Å². The Morgan fingerprint density at radius 2 is 1.52 bits per heavy atom. The monoisotopic (exact) mass is 396 g/mol. The highest BCUT2D eigenvalue weighted by Crippen LogP contribution is 2.09. The molecule has 0 fully saturated rings. The normalized spacial score (nSPS) is 11.7.